The van der Waals surface area contributed by atoms with E-state index in [9.17, 15) is 9.59 Å². The van der Waals surface area contributed by atoms with Crippen molar-refractivity contribution in [1.82, 2.24) is 5.32 Å². The predicted octanol–water partition coefficient (Wildman–Crippen LogP) is 1.57. The smallest absolute Gasteiger partial charge is 0.328 e. The van der Waals surface area contributed by atoms with Crippen LogP contribution in [0, 0.1) is 0 Å². The molecule has 1 aromatic rings. The van der Waals surface area contributed by atoms with Crippen molar-refractivity contribution in [3.8, 4) is 0 Å². The van der Waals surface area contributed by atoms with Crippen LogP contribution in [-0.2, 0) is 9.59 Å². The van der Waals surface area contributed by atoms with Gasteiger partial charge in [-0.05, 0) is 29.8 Å². The number of halogens is 2. The molecule has 1 amide bonds. The molecule has 0 aliphatic carbocycles. The van der Waals surface area contributed by atoms with Crippen molar-refractivity contribution < 1.29 is 19.8 Å². The van der Waals surface area contributed by atoms with Crippen LogP contribution in [0.2, 0.25) is 10.0 Å². The average Bonchev–Trinajstić information content (AvgIpc) is 2.32. The highest BCUT2D eigenvalue weighted by Crippen LogP contribution is 2.19. The molecular weight excluding hydrogens is 293 g/mol. The van der Waals surface area contributed by atoms with E-state index in [0.717, 1.165) is 6.08 Å². The lowest BCUT2D eigenvalue weighted by Gasteiger charge is -2.09. The summed E-state index contributed by atoms with van der Waals surface area (Å²) >= 11 is 11.6. The summed E-state index contributed by atoms with van der Waals surface area (Å²) in [5, 5.41) is 20.4. The van der Waals surface area contributed by atoms with Crippen LogP contribution in [0.4, 0.5) is 0 Å². The molecule has 0 bridgehead atoms. The van der Waals surface area contributed by atoms with Crippen molar-refractivity contribution in [3.63, 3.8) is 0 Å². The highest BCUT2D eigenvalue weighted by molar-refractivity contribution is 6.34. The molecule has 0 heterocycles. The summed E-state index contributed by atoms with van der Waals surface area (Å²) in [6.45, 7) is -0.683. The van der Waals surface area contributed by atoms with E-state index < -0.39 is 24.5 Å². The standard InChI is InChI=1S/C12H11Cl2NO4/c13-8-3-7(4-9(14)5-8)1-2-11(17)15-10(6-16)12(18)19/h1-5,10,16H,6H2,(H,15,17)(H,18,19)/b2-1+/t10-/m1/s1. The summed E-state index contributed by atoms with van der Waals surface area (Å²) in [5.74, 6) is -1.95. The number of amides is 1. The van der Waals surface area contributed by atoms with Crippen LogP contribution in [0.5, 0.6) is 0 Å². The molecule has 0 fully saturated rings. The van der Waals surface area contributed by atoms with Crippen LogP contribution < -0.4 is 5.32 Å². The Labute approximate surface area is 119 Å². The first-order chi connectivity index (χ1) is 8.92. The second kappa shape index (κ2) is 7.13. The molecule has 3 N–H and O–H groups in total. The second-order valence-corrected chi connectivity index (χ2v) is 4.49. The Kier molecular flexibility index (Phi) is 5.82. The van der Waals surface area contributed by atoms with Crippen LogP contribution in [0.1, 0.15) is 5.56 Å². The molecule has 0 aromatic heterocycles. The number of hydrogen-bond donors (Lipinski definition) is 3. The number of nitrogens with one attached hydrogen (secondary N) is 1. The molecule has 0 saturated heterocycles. The maximum Gasteiger partial charge on any atom is 0.328 e. The number of carboxylic acids is 1. The maximum atomic E-state index is 11.4. The minimum atomic E-state index is -1.33. The van der Waals surface area contributed by atoms with E-state index in [4.69, 9.17) is 33.4 Å². The van der Waals surface area contributed by atoms with Crippen molar-refractivity contribution >= 4 is 41.2 Å². The van der Waals surface area contributed by atoms with Crippen LogP contribution in [-0.4, -0.2) is 34.7 Å². The summed E-state index contributed by atoms with van der Waals surface area (Å²) in [6, 6.07) is 3.41. The third-order valence-corrected chi connectivity index (χ3v) is 2.55. The largest absolute Gasteiger partial charge is 0.480 e. The SMILES string of the molecule is O=C(/C=C/c1cc(Cl)cc(Cl)c1)N[C@H](CO)C(=O)O. The van der Waals surface area contributed by atoms with Gasteiger partial charge in [0.15, 0.2) is 6.04 Å². The summed E-state index contributed by atoms with van der Waals surface area (Å²) in [4.78, 5) is 22.0. The zero-order valence-corrected chi connectivity index (χ0v) is 11.1. The van der Waals surface area contributed by atoms with Gasteiger partial charge in [-0.2, -0.15) is 0 Å². The molecule has 0 aliphatic heterocycles. The Morgan fingerprint density at radius 2 is 1.84 bits per heavy atom. The van der Waals surface area contributed by atoms with Gasteiger partial charge in [-0.3, -0.25) is 4.79 Å². The normalized spacial score (nSPS) is 12.4. The van der Waals surface area contributed by atoms with E-state index in [-0.39, 0.29) is 0 Å². The molecule has 1 aromatic carbocycles. The topological polar surface area (TPSA) is 86.6 Å². The molecule has 5 nitrogen and oxygen atoms in total. The number of carboxylic acid groups (broad SMARTS) is 1. The Balaban J connectivity index is 2.70. The van der Waals surface area contributed by atoms with Crippen LogP contribution in [0.3, 0.4) is 0 Å². The zero-order chi connectivity index (χ0) is 14.4. The summed E-state index contributed by atoms with van der Waals surface area (Å²) in [6.07, 6.45) is 2.57. The molecule has 0 radical (unpaired) electrons. The lowest BCUT2D eigenvalue weighted by atomic mass is 10.2. The number of aliphatic hydroxyl groups excluding tert-OH is 1. The van der Waals surface area contributed by atoms with Crippen molar-refractivity contribution in [2.24, 2.45) is 0 Å². The third kappa shape index (κ3) is 5.30. The van der Waals surface area contributed by atoms with Gasteiger partial charge in [-0.15, -0.1) is 0 Å². The Bertz CT molecular complexity index is 496. The fourth-order valence-electron chi connectivity index (χ4n) is 1.25. The van der Waals surface area contributed by atoms with E-state index >= 15 is 0 Å². The Hall–Kier alpha value is -1.56. The van der Waals surface area contributed by atoms with E-state index in [1.807, 2.05) is 0 Å². The first kappa shape index (κ1) is 15.5. The monoisotopic (exact) mass is 303 g/mol. The van der Waals surface area contributed by atoms with Gasteiger partial charge in [-0.1, -0.05) is 23.2 Å². The number of carbonyl (C=O) groups is 2. The van der Waals surface area contributed by atoms with Gasteiger partial charge in [0.25, 0.3) is 0 Å². The van der Waals surface area contributed by atoms with Crippen LogP contribution >= 0.6 is 23.2 Å². The number of aliphatic carboxylic acids is 1. The number of aliphatic hydroxyl groups is 1. The highest BCUT2D eigenvalue weighted by Gasteiger charge is 2.16. The second-order valence-electron chi connectivity index (χ2n) is 3.62. The molecule has 7 heteroatoms. The van der Waals surface area contributed by atoms with E-state index in [1.54, 1.807) is 18.2 Å². The maximum absolute atomic E-state index is 11.4. The molecule has 0 aliphatic rings. The van der Waals surface area contributed by atoms with Crippen molar-refractivity contribution in [2.45, 2.75) is 6.04 Å². The fraction of sp³-hybridized carbons (Fsp3) is 0.167. The van der Waals surface area contributed by atoms with Gasteiger partial charge in [0.05, 0.1) is 6.61 Å². The Morgan fingerprint density at radius 1 is 1.26 bits per heavy atom. The number of carbonyl (C=O) groups excluding carboxylic acids is 1. The van der Waals surface area contributed by atoms with Crippen molar-refractivity contribution in [2.75, 3.05) is 6.61 Å². The molecule has 19 heavy (non-hydrogen) atoms. The van der Waals surface area contributed by atoms with Crippen molar-refractivity contribution in [1.29, 1.82) is 0 Å². The first-order valence-electron chi connectivity index (χ1n) is 5.20. The number of hydrogen-bond acceptors (Lipinski definition) is 3. The summed E-state index contributed by atoms with van der Waals surface area (Å²) in [7, 11) is 0. The van der Waals surface area contributed by atoms with Gasteiger partial charge < -0.3 is 15.5 Å². The van der Waals surface area contributed by atoms with Crippen LogP contribution in [0.15, 0.2) is 24.3 Å². The van der Waals surface area contributed by atoms with E-state index in [1.165, 1.54) is 6.08 Å². The van der Waals surface area contributed by atoms with Gasteiger partial charge in [0.2, 0.25) is 5.91 Å². The van der Waals surface area contributed by atoms with E-state index in [2.05, 4.69) is 5.32 Å². The summed E-state index contributed by atoms with van der Waals surface area (Å²) < 4.78 is 0. The molecular formula is C12H11Cl2NO4. The highest BCUT2D eigenvalue weighted by atomic mass is 35.5. The molecule has 0 saturated carbocycles. The lowest BCUT2D eigenvalue weighted by molar-refractivity contribution is -0.142. The first-order valence-corrected chi connectivity index (χ1v) is 5.96. The third-order valence-electron chi connectivity index (χ3n) is 2.11. The number of rotatable bonds is 5. The molecule has 102 valence electrons. The zero-order valence-electron chi connectivity index (χ0n) is 9.64. The van der Waals surface area contributed by atoms with Gasteiger partial charge in [-0.25, -0.2) is 4.79 Å². The molecule has 1 rings (SSSR count). The predicted molar refractivity (Wildman–Crippen MR) is 72.1 cm³/mol. The molecule has 0 unspecified atom stereocenters. The van der Waals surface area contributed by atoms with Gasteiger partial charge >= 0.3 is 5.97 Å². The minimum absolute atomic E-state index is 0.423. The van der Waals surface area contributed by atoms with Crippen molar-refractivity contribution in [3.05, 3.63) is 39.9 Å². The van der Waals surface area contributed by atoms with E-state index in [0.29, 0.717) is 15.6 Å². The summed E-state index contributed by atoms with van der Waals surface area (Å²) in [5.41, 5.74) is 0.600. The minimum Gasteiger partial charge on any atom is -0.480 e. The molecule has 1 atom stereocenters. The molecule has 0 spiro atoms. The lowest BCUT2D eigenvalue weighted by Crippen LogP contribution is -2.42. The van der Waals surface area contributed by atoms with Gasteiger partial charge in [0, 0.05) is 16.1 Å². The van der Waals surface area contributed by atoms with Gasteiger partial charge in [0.1, 0.15) is 0 Å². The fourth-order valence-corrected chi connectivity index (χ4v) is 1.79. The van der Waals surface area contributed by atoms with Crippen LogP contribution in [0.25, 0.3) is 6.08 Å². The quantitative estimate of drug-likeness (QED) is 0.721. The Morgan fingerprint density at radius 3 is 2.32 bits per heavy atom. The average molecular weight is 304 g/mol. The number of benzene rings is 1.